The lowest BCUT2D eigenvalue weighted by Gasteiger charge is -2.16. The van der Waals surface area contributed by atoms with Gasteiger partial charge in [-0.1, -0.05) is 6.92 Å². The van der Waals surface area contributed by atoms with Crippen molar-refractivity contribution in [3.8, 4) is 0 Å². The molecule has 19 heavy (non-hydrogen) atoms. The summed E-state index contributed by atoms with van der Waals surface area (Å²) < 4.78 is 0. The van der Waals surface area contributed by atoms with E-state index >= 15 is 0 Å². The predicted molar refractivity (Wildman–Crippen MR) is 70.5 cm³/mol. The maximum absolute atomic E-state index is 11.2. The van der Waals surface area contributed by atoms with Crippen LogP contribution in [-0.4, -0.2) is 36.0 Å². The summed E-state index contributed by atoms with van der Waals surface area (Å²) in [6.07, 6.45) is 1.46. The lowest BCUT2D eigenvalue weighted by Crippen LogP contribution is -2.35. The second-order valence-corrected chi connectivity index (χ2v) is 3.39. The molecule has 0 aromatic rings. The maximum Gasteiger partial charge on any atom is 0.272 e. The van der Waals surface area contributed by atoms with Gasteiger partial charge in [-0.2, -0.15) is 0 Å². The van der Waals surface area contributed by atoms with Crippen molar-refractivity contribution in [2.45, 2.75) is 19.4 Å². The zero-order valence-electron chi connectivity index (χ0n) is 10.5. The van der Waals surface area contributed by atoms with E-state index in [4.69, 9.17) is 23.1 Å². The number of carbonyl (C=O) groups is 1. The molecule has 0 spiro atoms. The summed E-state index contributed by atoms with van der Waals surface area (Å²) in [5, 5.41) is 12.3. The third-order valence-corrected chi connectivity index (χ3v) is 2.02. The molecule has 10 nitrogen and oxygen atoms in total. The molecular formula is C9H19N7O3. The van der Waals surface area contributed by atoms with Crippen LogP contribution in [0.25, 0.3) is 0 Å². The van der Waals surface area contributed by atoms with Gasteiger partial charge in [-0.05, 0) is 6.42 Å². The van der Waals surface area contributed by atoms with E-state index < -0.39 is 17.5 Å². The smallest absolute Gasteiger partial charge is 0.272 e. The number of amides is 1. The topological polar surface area (TPSA) is 187 Å². The molecule has 10 heteroatoms. The second-order valence-electron chi connectivity index (χ2n) is 3.39. The number of aliphatic hydroxyl groups excluding tert-OH is 1. The minimum Gasteiger partial charge on any atom is -0.493 e. The van der Waals surface area contributed by atoms with Crippen LogP contribution < -0.4 is 28.4 Å². The van der Waals surface area contributed by atoms with E-state index in [0.29, 0.717) is 6.42 Å². The quantitative estimate of drug-likeness (QED) is 0.0993. The average Bonchev–Trinajstić information content (AvgIpc) is 2.35. The van der Waals surface area contributed by atoms with Crippen LogP contribution in [0.4, 0.5) is 0 Å². The fourth-order valence-corrected chi connectivity index (χ4v) is 1.08. The molecule has 0 rings (SSSR count). The van der Waals surface area contributed by atoms with Crippen molar-refractivity contribution in [2.75, 3.05) is 6.61 Å². The van der Waals surface area contributed by atoms with Crippen molar-refractivity contribution < 1.29 is 14.7 Å². The molecule has 0 radical (unpaired) electrons. The molecule has 0 saturated carbocycles. The van der Waals surface area contributed by atoms with Crippen LogP contribution in [0.15, 0.2) is 21.6 Å². The summed E-state index contributed by atoms with van der Waals surface area (Å²) in [4.78, 5) is 22.6. The van der Waals surface area contributed by atoms with Crippen molar-refractivity contribution in [3.63, 3.8) is 0 Å². The molecule has 1 unspecified atom stereocenters. The van der Waals surface area contributed by atoms with Crippen molar-refractivity contribution in [1.82, 2.24) is 5.32 Å². The summed E-state index contributed by atoms with van der Waals surface area (Å²) in [5.74, 6) is 3.07. The Morgan fingerprint density at radius 1 is 1.53 bits per heavy atom. The standard InChI is InChI=1S/C9H19N7O3/c1-2-5(3-19-13)15-8(18)6(7(11)17)16-9(12)14-4-10/h4-5,15,18H,2-3,13H2,1H3,(H2,11,17)(H4,10,12,14,16)/b8-6+. The molecule has 0 heterocycles. The van der Waals surface area contributed by atoms with Gasteiger partial charge in [-0.15, -0.1) is 0 Å². The zero-order chi connectivity index (χ0) is 14.8. The molecule has 0 aliphatic rings. The average molecular weight is 273 g/mol. The third kappa shape index (κ3) is 6.24. The lowest BCUT2D eigenvalue weighted by molar-refractivity contribution is -0.114. The normalized spacial score (nSPS) is 15.2. The van der Waals surface area contributed by atoms with Crippen LogP contribution in [0.1, 0.15) is 13.3 Å². The first-order valence-corrected chi connectivity index (χ1v) is 5.35. The second kappa shape index (κ2) is 8.72. The van der Waals surface area contributed by atoms with E-state index in [1.54, 1.807) is 0 Å². The SMILES string of the molecule is CCC(CON)N\C(O)=C(/N=C(N)\N=C/N)C(N)=O. The summed E-state index contributed by atoms with van der Waals surface area (Å²) in [6.45, 7) is 1.94. The maximum atomic E-state index is 11.2. The highest BCUT2D eigenvalue weighted by Gasteiger charge is 2.15. The number of nitrogens with one attached hydrogen (secondary N) is 1. The number of nitrogens with zero attached hydrogens (tertiary/aromatic N) is 2. The molecule has 108 valence electrons. The Hall–Kier alpha value is -2.33. The third-order valence-electron chi connectivity index (χ3n) is 2.02. The first-order valence-electron chi connectivity index (χ1n) is 5.35. The van der Waals surface area contributed by atoms with Gasteiger partial charge >= 0.3 is 0 Å². The first kappa shape index (κ1) is 16.7. The molecule has 0 bridgehead atoms. The van der Waals surface area contributed by atoms with E-state index in [1.807, 2.05) is 6.92 Å². The number of primary amides is 1. The van der Waals surface area contributed by atoms with Crippen LogP contribution in [0, 0.1) is 0 Å². The Balaban J connectivity index is 5.17. The van der Waals surface area contributed by atoms with E-state index in [9.17, 15) is 9.90 Å². The van der Waals surface area contributed by atoms with Gasteiger partial charge in [0.25, 0.3) is 5.91 Å². The van der Waals surface area contributed by atoms with Gasteiger partial charge in [0, 0.05) is 0 Å². The molecular weight excluding hydrogens is 254 g/mol. The van der Waals surface area contributed by atoms with Crippen LogP contribution >= 0.6 is 0 Å². The minimum atomic E-state index is -0.983. The van der Waals surface area contributed by atoms with E-state index in [0.717, 1.165) is 6.34 Å². The molecule has 0 aromatic heterocycles. The van der Waals surface area contributed by atoms with Crippen molar-refractivity contribution in [2.24, 2.45) is 33.1 Å². The summed E-state index contributed by atoms with van der Waals surface area (Å²) in [6, 6.07) is -0.325. The van der Waals surface area contributed by atoms with Gasteiger partial charge in [0.1, 0.15) is 0 Å². The van der Waals surface area contributed by atoms with Gasteiger partial charge in [0.2, 0.25) is 11.8 Å². The van der Waals surface area contributed by atoms with Crippen LogP contribution in [0.5, 0.6) is 0 Å². The van der Waals surface area contributed by atoms with E-state index in [-0.39, 0.29) is 18.6 Å². The number of guanidine groups is 1. The number of aliphatic hydroxyl groups is 1. The van der Waals surface area contributed by atoms with Crippen molar-refractivity contribution in [1.29, 1.82) is 0 Å². The summed E-state index contributed by atoms with van der Waals surface area (Å²) in [7, 11) is 0. The van der Waals surface area contributed by atoms with E-state index in [1.165, 1.54) is 0 Å². The zero-order valence-corrected chi connectivity index (χ0v) is 10.5. The highest BCUT2D eigenvalue weighted by atomic mass is 16.6. The first-order chi connectivity index (χ1) is 8.96. The van der Waals surface area contributed by atoms with Crippen LogP contribution in [0.3, 0.4) is 0 Å². The van der Waals surface area contributed by atoms with E-state index in [2.05, 4.69) is 20.1 Å². The van der Waals surface area contributed by atoms with Gasteiger partial charge in [-0.3, -0.25) is 4.79 Å². The van der Waals surface area contributed by atoms with Gasteiger partial charge < -0.3 is 32.5 Å². The van der Waals surface area contributed by atoms with Gasteiger partial charge in [0.05, 0.1) is 19.0 Å². The number of carbonyl (C=O) groups excluding carboxylic acids is 1. The Bertz CT molecular complexity index is 391. The number of rotatable bonds is 7. The van der Waals surface area contributed by atoms with Crippen LogP contribution in [-0.2, 0) is 9.63 Å². The Labute approximate surface area is 110 Å². The predicted octanol–water partition coefficient (Wildman–Crippen LogP) is -2.24. The fourth-order valence-electron chi connectivity index (χ4n) is 1.08. The lowest BCUT2D eigenvalue weighted by atomic mass is 10.2. The molecule has 0 aliphatic carbocycles. The molecule has 0 aromatic carbocycles. The highest BCUT2D eigenvalue weighted by molar-refractivity contribution is 5.96. The van der Waals surface area contributed by atoms with Gasteiger partial charge in [0.15, 0.2) is 5.70 Å². The number of hydrogen-bond donors (Lipinski definition) is 6. The minimum absolute atomic E-state index is 0.118. The van der Waals surface area contributed by atoms with Crippen molar-refractivity contribution >= 4 is 18.2 Å². The number of hydrogen-bond acceptors (Lipinski definition) is 6. The van der Waals surface area contributed by atoms with Crippen LogP contribution in [0.2, 0.25) is 0 Å². The fraction of sp³-hybridized carbons (Fsp3) is 0.444. The molecule has 1 atom stereocenters. The Morgan fingerprint density at radius 2 is 2.16 bits per heavy atom. The monoisotopic (exact) mass is 273 g/mol. The molecule has 0 saturated heterocycles. The largest absolute Gasteiger partial charge is 0.493 e. The van der Waals surface area contributed by atoms with Crippen molar-refractivity contribution in [3.05, 3.63) is 11.6 Å². The van der Waals surface area contributed by atoms with Gasteiger partial charge in [-0.25, -0.2) is 15.9 Å². The Kier molecular flexibility index (Phi) is 7.65. The molecule has 1 amide bonds. The number of aliphatic imine (C=N–C) groups is 2. The highest BCUT2D eigenvalue weighted by Crippen LogP contribution is 2.03. The Morgan fingerprint density at radius 3 is 2.58 bits per heavy atom. The molecule has 0 aliphatic heterocycles. The molecule has 0 fully saturated rings. The summed E-state index contributed by atoms with van der Waals surface area (Å²) >= 11 is 0. The molecule has 10 N–H and O–H groups in total. The number of nitrogens with two attached hydrogens (primary N) is 4. The summed E-state index contributed by atoms with van der Waals surface area (Å²) in [5.41, 5.74) is 14.9.